The molecule has 138 valence electrons. The van der Waals surface area contributed by atoms with E-state index in [-0.39, 0.29) is 6.04 Å². The molecule has 0 radical (unpaired) electrons. The van der Waals surface area contributed by atoms with E-state index >= 15 is 0 Å². The molecule has 0 amide bonds. The minimum absolute atomic E-state index is 0.0668. The number of hydrogen-bond donors (Lipinski definition) is 2. The zero-order valence-electron chi connectivity index (χ0n) is 15.8. The number of hydrogen-bond acceptors (Lipinski definition) is 2. The van der Waals surface area contributed by atoms with E-state index in [1.54, 1.807) is 5.57 Å². The van der Waals surface area contributed by atoms with Gasteiger partial charge in [-0.05, 0) is 56.1 Å². The lowest BCUT2D eigenvalue weighted by molar-refractivity contribution is 0.565. The van der Waals surface area contributed by atoms with E-state index in [1.807, 2.05) is 0 Å². The van der Waals surface area contributed by atoms with Gasteiger partial charge in [-0.2, -0.15) is 0 Å². The van der Waals surface area contributed by atoms with Gasteiger partial charge in [0, 0.05) is 11.7 Å². The fourth-order valence-corrected chi connectivity index (χ4v) is 4.24. The van der Waals surface area contributed by atoms with Gasteiger partial charge in [-0.1, -0.05) is 70.3 Å². The minimum Gasteiger partial charge on any atom is -0.401 e. The standard InChI is InChI=1S/C22H40N2/c23-21-18-14-10-6-5-9-13-17-20(22(21)24)19-15-11-7-3-1-2-4-8-12-16-19/h15,21H,1-14,16-18,23-24H2/b19-15?,22-20-. The van der Waals surface area contributed by atoms with Crippen molar-refractivity contribution < 1.29 is 0 Å². The molecule has 4 N–H and O–H groups in total. The van der Waals surface area contributed by atoms with Crippen molar-refractivity contribution in [2.24, 2.45) is 11.5 Å². The van der Waals surface area contributed by atoms with Gasteiger partial charge in [-0.15, -0.1) is 0 Å². The van der Waals surface area contributed by atoms with Gasteiger partial charge >= 0.3 is 0 Å². The molecule has 0 aromatic carbocycles. The van der Waals surface area contributed by atoms with Crippen molar-refractivity contribution in [2.75, 3.05) is 0 Å². The quantitative estimate of drug-likeness (QED) is 0.608. The summed E-state index contributed by atoms with van der Waals surface area (Å²) in [6, 6.07) is 0.0668. The second-order valence-corrected chi connectivity index (χ2v) is 7.94. The first-order valence-corrected chi connectivity index (χ1v) is 10.7. The monoisotopic (exact) mass is 332 g/mol. The fourth-order valence-electron chi connectivity index (χ4n) is 4.24. The number of allylic oxidation sites excluding steroid dienone is 3. The number of nitrogens with two attached hydrogens (primary N) is 2. The van der Waals surface area contributed by atoms with Gasteiger partial charge in [-0.25, -0.2) is 0 Å². The van der Waals surface area contributed by atoms with E-state index in [9.17, 15) is 0 Å². The molecule has 24 heavy (non-hydrogen) atoms. The molecule has 0 spiro atoms. The maximum Gasteiger partial charge on any atom is 0.0445 e. The van der Waals surface area contributed by atoms with Crippen molar-refractivity contribution in [1.82, 2.24) is 0 Å². The first-order chi connectivity index (χ1) is 11.8. The summed E-state index contributed by atoms with van der Waals surface area (Å²) < 4.78 is 0. The topological polar surface area (TPSA) is 52.0 Å². The zero-order chi connectivity index (χ0) is 17.0. The maximum absolute atomic E-state index is 6.60. The Hall–Kier alpha value is -0.760. The molecule has 1 atom stereocenters. The molecule has 0 aromatic heterocycles. The molecule has 0 bridgehead atoms. The van der Waals surface area contributed by atoms with Crippen LogP contribution in [-0.4, -0.2) is 6.04 Å². The summed E-state index contributed by atoms with van der Waals surface area (Å²) in [5.74, 6) is 0. The van der Waals surface area contributed by atoms with Gasteiger partial charge in [-0.3, -0.25) is 0 Å². The molecule has 2 heteroatoms. The predicted molar refractivity (Wildman–Crippen MR) is 106 cm³/mol. The molecule has 0 saturated carbocycles. The average Bonchev–Trinajstić information content (AvgIpc) is 2.67. The maximum atomic E-state index is 6.60. The van der Waals surface area contributed by atoms with Gasteiger partial charge in [0.1, 0.15) is 0 Å². The van der Waals surface area contributed by atoms with Crippen molar-refractivity contribution >= 4 is 0 Å². The van der Waals surface area contributed by atoms with Crippen LogP contribution < -0.4 is 11.5 Å². The molecule has 0 aliphatic heterocycles. The zero-order valence-corrected chi connectivity index (χ0v) is 15.8. The molecule has 0 aromatic rings. The molecule has 1 unspecified atom stereocenters. The van der Waals surface area contributed by atoms with E-state index < -0.39 is 0 Å². The van der Waals surface area contributed by atoms with E-state index in [4.69, 9.17) is 11.5 Å². The summed E-state index contributed by atoms with van der Waals surface area (Å²) in [5, 5.41) is 0. The van der Waals surface area contributed by atoms with Gasteiger partial charge in [0.25, 0.3) is 0 Å². The number of rotatable bonds is 1. The summed E-state index contributed by atoms with van der Waals surface area (Å²) in [6.07, 6.45) is 24.7. The highest BCUT2D eigenvalue weighted by atomic mass is 14.7. The fraction of sp³-hybridized carbons (Fsp3) is 0.818. The molecule has 2 aliphatic rings. The van der Waals surface area contributed by atoms with Crippen LogP contribution in [0.15, 0.2) is 22.9 Å². The molecule has 2 aliphatic carbocycles. The Balaban J connectivity index is 2.15. The Kier molecular flexibility index (Phi) is 9.57. The van der Waals surface area contributed by atoms with Crippen molar-refractivity contribution in [3.05, 3.63) is 22.9 Å². The summed E-state index contributed by atoms with van der Waals surface area (Å²) in [6.45, 7) is 0. The van der Waals surface area contributed by atoms with Gasteiger partial charge in [0.15, 0.2) is 0 Å². The van der Waals surface area contributed by atoms with Crippen LogP contribution >= 0.6 is 0 Å². The summed E-state index contributed by atoms with van der Waals surface area (Å²) >= 11 is 0. The summed E-state index contributed by atoms with van der Waals surface area (Å²) in [7, 11) is 0. The molecule has 0 heterocycles. The van der Waals surface area contributed by atoms with Crippen LogP contribution in [0.25, 0.3) is 0 Å². The lowest BCUT2D eigenvalue weighted by Gasteiger charge is -2.20. The highest BCUT2D eigenvalue weighted by Crippen LogP contribution is 2.29. The molecule has 2 rings (SSSR count). The van der Waals surface area contributed by atoms with Crippen LogP contribution in [0, 0.1) is 0 Å². The van der Waals surface area contributed by atoms with Crippen LogP contribution in [-0.2, 0) is 0 Å². The van der Waals surface area contributed by atoms with Gasteiger partial charge in [0.05, 0.1) is 0 Å². The highest BCUT2D eigenvalue weighted by molar-refractivity contribution is 5.36. The van der Waals surface area contributed by atoms with Gasteiger partial charge < -0.3 is 11.5 Å². The van der Waals surface area contributed by atoms with Crippen LogP contribution in [0.5, 0.6) is 0 Å². The second kappa shape index (κ2) is 11.7. The summed E-state index contributed by atoms with van der Waals surface area (Å²) in [5.41, 5.74) is 17.0. The third-order valence-corrected chi connectivity index (χ3v) is 5.87. The van der Waals surface area contributed by atoms with Crippen LogP contribution in [0.1, 0.15) is 109 Å². The first kappa shape index (κ1) is 19.6. The molecule has 2 nitrogen and oxygen atoms in total. The van der Waals surface area contributed by atoms with E-state index in [2.05, 4.69) is 6.08 Å². The van der Waals surface area contributed by atoms with Crippen LogP contribution in [0.2, 0.25) is 0 Å². The third-order valence-electron chi connectivity index (χ3n) is 5.87. The average molecular weight is 333 g/mol. The highest BCUT2D eigenvalue weighted by Gasteiger charge is 2.16. The first-order valence-electron chi connectivity index (χ1n) is 10.7. The van der Waals surface area contributed by atoms with E-state index in [0.717, 1.165) is 18.5 Å². The summed E-state index contributed by atoms with van der Waals surface area (Å²) in [4.78, 5) is 0. The van der Waals surface area contributed by atoms with Crippen molar-refractivity contribution in [1.29, 1.82) is 0 Å². The lowest BCUT2D eigenvalue weighted by atomic mass is 9.90. The Labute approximate surface area is 150 Å². The van der Waals surface area contributed by atoms with Crippen LogP contribution in [0.4, 0.5) is 0 Å². The third kappa shape index (κ3) is 7.01. The second-order valence-electron chi connectivity index (χ2n) is 7.94. The Bertz CT molecular complexity index is 408. The lowest BCUT2D eigenvalue weighted by Crippen LogP contribution is -2.29. The largest absolute Gasteiger partial charge is 0.401 e. The Morgan fingerprint density at radius 2 is 1.21 bits per heavy atom. The minimum atomic E-state index is 0.0668. The molecular weight excluding hydrogens is 292 g/mol. The van der Waals surface area contributed by atoms with Crippen molar-refractivity contribution in [2.45, 2.75) is 115 Å². The van der Waals surface area contributed by atoms with Crippen molar-refractivity contribution in [3.8, 4) is 0 Å². The smallest absolute Gasteiger partial charge is 0.0445 e. The SMILES string of the molecule is N/C1=C(\C2=CCCCCCCCCC2)CCCCCCCCC1N. The van der Waals surface area contributed by atoms with Crippen molar-refractivity contribution in [3.63, 3.8) is 0 Å². The van der Waals surface area contributed by atoms with Crippen LogP contribution in [0.3, 0.4) is 0 Å². The predicted octanol–water partition coefficient (Wildman–Crippen LogP) is 6.11. The Morgan fingerprint density at radius 1 is 0.667 bits per heavy atom. The molecule has 0 saturated heterocycles. The molecular formula is C22H40N2. The normalized spacial score (nSPS) is 29.9. The van der Waals surface area contributed by atoms with E-state index in [0.29, 0.717) is 0 Å². The van der Waals surface area contributed by atoms with Gasteiger partial charge in [0.2, 0.25) is 0 Å². The Morgan fingerprint density at radius 3 is 1.92 bits per heavy atom. The van der Waals surface area contributed by atoms with E-state index in [1.165, 1.54) is 102 Å². The molecule has 0 fully saturated rings.